The van der Waals surface area contributed by atoms with Crippen LogP contribution in [0.4, 0.5) is 0 Å². The molecule has 4 rings (SSSR count). The second kappa shape index (κ2) is 5.93. The Kier molecular flexibility index (Phi) is 3.63. The van der Waals surface area contributed by atoms with E-state index in [4.69, 9.17) is 9.47 Å². The maximum absolute atomic E-state index is 5.66. The number of pyridine rings is 1. The van der Waals surface area contributed by atoms with E-state index < -0.39 is 0 Å². The molecule has 1 N–H and O–H groups in total. The number of fused-ring (bicyclic) bond motifs is 2. The third-order valence-corrected chi connectivity index (χ3v) is 4.17. The van der Waals surface area contributed by atoms with Gasteiger partial charge in [-0.1, -0.05) is 12.1 Å². The van der Waals surface area contributed by atoms with Gasteiger partial charge in [-0.15, -0.1) is 0 Å². The summed E-state index contributed by atoms with van der Waals surface area (Å²) in [5, 5.41) is 3.56. The Balaban J connectivity index is 1.49. The van der Waals surface area contributed by atoms with Crippen molar-refractivity contribution >= 4 is 5.65 Å². The molecule has 0 saturated carbocycles. The van der Waals surface area contributed by atoms with Crippen molar-refractivity contribution in [3.63, 3.8) is 0 Å². The highest BCUT2D eigenvalue weighted by molar-refractivity contribution is 5.44. The van der Waals surface area contributed by atoms with Crippen LogP contribution in [0, 0.1) is 0 Å². The Morgan fingerprint density at radius 2 is 2.04 bits per heavy atom. The van der Waals surface area contributed by atoms with Gasteiger partial charge in [0.15, 0.2) is 11.5 Å². The van der Waals surface area contributed by atoms with E-state index in [1.165, 1.54) is 11.3 Å². The van der Waals surface area contributed by atoms with Gasteiger partial charge in [0.2, 0.25) is 0 Å². The minimum atomic E-state index is 0.213. The van der Waals surface area contributed by atoms with Crippen molar-refractivity contribution in [2.75, 3.05) is 13.2 Å². The van der Waals surface area contributed by atoms with Gasteiger partial charge in [-0.2, -0.15) is 0 Å². The largest absolute Gasteiger partial charge is 0.486 e. The summed E-state index contributed by atoms with van der Waals surface area (Å²) < 4.78 is 13.3. The first kappa shape index (κ1) is 14.1. The van der Waals surface area contributed by atoms with Gasteiger partial charge in [0.05, 0.1) is 0 Å². The molecule has 5 nitrogen and oxygen atoms in total. The molecule has 1 atom stereocenters. The van der Waals surface area contributed by atoms with Crippen molar-refractivity contribution < 1.29 is 9.47 Å². The number of aromatic nitrogens is 2. The van der Waals surface area contributed by atoms with Crippen molar-refractivity contribution in [1.82, 2.24) is 14.7 Å². The second-order valence-corrected chi connectivity index (χ2v) is 5.68. The lowest BCUT2D eigenvalue weighted by Gasteiger charge is -2.21. The van der Waals surface area contributed by atoms with E-state index in [2.05, 4.69) is 39.8 Å². The van der Waals surface area contributed by atoms with Crippen LogP contribution in [0.1, 0.15) is 24.2 Å². The molecule has 118 valence electrons. The topological polar surface area (TPSA) is 47.8 Å². The maximum Gasteiger partial charge on any atom is 0.161 e. The zero-order valence-electron chi connectivity index (χ0n) is 13.0. The summed E-state index contributed by atoms with van der Waals surface area (Å²) in [6, 6.07) is 12.5. The summed E-state index contributed by atoms with van der Waals surface area (Å²) in [5.74, 6) is 1.66. The average molecular weight is 309 g/mol. The predicted molar refractivity (Wildman–Crippen MR) is 87.9 cm³/mol. The highest BCUT2D eigenvalue weighted by Gasteiger charge is 2.14. The monoisotopic (exact) mass is 309 g/mol. The van der Waals surface area contributed by atoms with Gasteiger partial charge in [0.1, 0.15) is 18.9 Å². The number of nitrogens with zero attached hydrogens (tertiary/aromatic N) is 2. The van der Waals surface area contributed by atoms with Gasteiger partial charge in [0, 0.05) is 30.7 Å². The summed E-state index contributed by atoms with van der Waals surface area (Å²) in [6.45, 7) is 4.15. The quantitative estimate of drug-likeness (QED) is 0.805. The molecule has 5 heteroatoms. The average Bonchev–Trinajstić information content (AvgIpc) is 3.08. The molecule has 0 radical (unpaired) electrons. The van der Waals surface area contributed by atoms with Crippen LogP contribution in [-0.4, -0.2) is 22.6 Å². The summed E-state index contributed by atoms with van der Waals surface area (Å²) in [5.41, 5.74) is 3.34. The van der Waals surface area contributed by atoms with Crippen LogP contribution in [0.3, 0.4) is 0 Å². The first-order valence-corrected chi connectivity index (χ1v) is 7.85. The smallest absolute Gasteiger partial charge is 0.161 e. The molecule has 0 fully saturated rings. The minimum Gasteiger partial charge on any atom is -0.486 e. The van der Waals surface area contributed by atoms with E-state index in [9.17, 15) is 0 Å². The van der Waals surface area contributed by atoms with E-state index in [1.54, 1.807) is 0 Å². The molecule has 0 saturated heterocycles. The van der Waals surface area contributed by atoms with E-state index in [0.29, 0.717) is 13.2 Å². The summed E-state index contributed by atoms with van der Waals surface area (Å²) in [6.07, 6.45) is 3.81. The number of benzene rings is 1. The third kappa shape index (κ3) is 2.75. The molecule has 0 bridgehead atoms. The molecule has 0 amide bonds. The molecule has 2 aromatic heterocycles. The molecule has 23 heavy (non-hydrogen) atoms. The fourth-order valence-corrected chi connectivity index (χ4v) is 2.86. The van der Waals surface area contributed by atoms with Gasteiger partial charge in [0.25, 0.3) is 0 Å². The van der Waals surface area contributed by atoms with Crippen molar-refractivity contribution in [3.05, 3.63) is 60.0 Å². The van der Waals surface area contributed by atoms with Gasteiger partial charge < -0.3 is 19.2 Å². The van der Waals surface area contributed by atoms with Gasteiger partial charge in [-0.25, -0.2) is 4.98 Å². The van der Waals surface area contributed by atoms with E-state index in [1.807, 2.05) is 30.6 Å². The molecule has 3 heterocycles. The van der Waals surface area contributed by atoms with Crippen LogP contribution in [-0.2, 0) is 6.54 Å². The van der Waals surface area contributed by atoms with E-state index in [0.717, 1.165) is 23.7 Å². The van der Waals surface area contributed by atoms with Gasteiger partial charge >= 0.3 is 0 Å². The SMILES string of the molecule is C[C@H](NCc1cccc2nccn12)c1ccc2c(c1)OCCO2. The Hall–Kier alpha value is -2.53. The van der Waals surface area contributed by atoms with Crippen LogP contribution >= 0.6 is 0 Å². The zero-order chi connectivity index (χ0) is 15.6. The van der Waals surface area contributed by atoms with Crippen LogP contribution in [0.25, 0.3) is 5.65 Å². The van der Waals surface area contributed by atoms with Crippen LogP contribution in [0.15, 0.2) is 48.8 Å². The van der Waals surface area contributed by atoms with Crippen molar-refractivity contribution in [2.45, 2.75) is 19.5 Å². The van der Waals surface area contributed by atoms with Crippen LogP contribution in [0.5, 0.6) is 11.5 Å². The fourth-order valence-electron chi connectivity index (χ4n) is 2.86. The van der Waals surface area contributed by atoms with E-state index in [-0.39, 0.29) is 6.04 Å². The molecule has 1 aromatic carbocycles. The number of ether oxygens (including phenoxy) is 2. The maximum atomic E-state index is 5.66. The number of hydrogen-bond acceptors (Lipinski definition) is 4. The molecule has 1 aliphatic rings. The van der Waals surface area contributed by atoms with Gasteiger partial charge in [-0.05, 0) is 36.8 Å². The van der Waals surface area contributed by atoms with Crippen LogP contribution < -0.4 is 14.8 Å². The van der Waals surface area contributed by atoms with Crippen molar-refractivity contribution in [2.24, 2.45) is 0 Å². The molecular formula is C18H19N3O2. The van der Waals surface area contributed by atoms with Crippen molar-refractivity contribution in [3.8, 4) is 11.5 Å². The molecule has 0 spiro atoms. The lowest BCUT2D eigenvalue weighted by molar-refractivity contribution is 0.171. The number of rotatable bonds is 4. The lowest BCUT2D eigenvalue weighted by atomic mass is 10.1. The second-order valence-electron chi connectivity index (χ2n) is 5.68. The predicted octanol–water partition coefficient (Wildman–Crippen LogP) is 2.96. The molecule has 0 unspecified atom stereocenters. The first-order chi connectivity index (χ1) is 11.3. The van der Waals surface area contributed by atoms with Crippen LogP contribution in [0.2, 0.25) is 0 Å². The molecule has 3 aromatic rings. The van der Waals surface area contributed by atoms with E-state index >= 15 is 0 Å². The highest BCUT2D eigenvalue weighted by Crippen LogP contribution is 2.32. The third-order valence-electron chi connectivity index (χ3n) is 4.17. The standard InChI is InChI=1S/C18H19N3O2/c1-13(14-5-6-16-17(11-14)23-10-9-22-16)20-12-15-3-2-4-18-19-7-8-21(15)18/h2-8,11,13,20H,9-10,12H2,1H3/t13-/m0/s1. The molecule has 1 aliphatic heterocycles. The molecule has 0 aliphatic carbocycles. The Morgan fingerprint density at radius 3 is 2.96 bits per heavy atom. The Morgan fingerprint density at radius 1 is 1.17 bits per heavy atom. The minimum absolute atomic E-state index is 0.213. The van der Waals surface area contributed by atoms with Crippen molar-refractivity contribution in [1.29, 1.82) is 0 Å². The van der Waals surface area contributed by atoms with Gasteiger partial charge in [-0.3, -0.25) is 0 Å². The summed E-state index contributed by atoms with van der Waals surface area (Å²) >= 11 is 0. The zero-order valence-corrected chi connectivity index (χ0v) is 13.0. The first-order valence-electron chi connectivity index (χ1n) is 7.85. The lowest BCUT2D eigenvalue weighted by Crippen LogP contribution is -2.20. The number of hydrogen-bond donors (Lipinski definition) is 1. The number of nitrogens with one attached hydrogen (secondary N) is 1. The Bertz CT molecular complexity index is 828. The summed E-state index contributed by atoms with van der Waals surface area (Å²) in [4.78, 5) is 4.32. The molecular weight excluding hydrogens is 290 g/mol. The highest BCUT2D eigenvalue weighted by atomic mass is 16.6. The summed E-state index contributed by atoms with van der Waals surface area (Å²) in [7, 11) is 0. The normalized spacial score (nSPS) is 14.8. The fraction of sp³-hybridized carbons (Fsp3) is 0.278. The Labute approximate surface area is 134 Å². The number of imidazole rings is 1.